The average Bonchev–Trinajstić information content (AvgIpc) is 2.43. The second-order valence-electron chi connectivity index (χ2n) is 4.58. The molecule has 0 aliphatic carbocycles. The summed E-state index contributed by atoms with van der Waals surface area (Å²) >= 11 is 4.88. The fourth-order valence-corrected chi connectivity index (χ4v) is 1.86. The van der Waals surface area contributed by atoms with Gasteiger partial charge in [-0.15, -0.1) is 0 Å². The summed E-state index contributed by atoms with van der Waals surface area (Å²) < 4.78 is 0. The van der Waals surface area contributed by atoms with E-state index in [1.807, 2.05) is 49.4 Å². The summed E-state index contributed by atoms with van der Waals surface area (Å²) in [5, 5.41) is 5.01. The Morgan fingerprint density at radius 1 is 1.26 bits per heavy atom. The van der Waals surface area contributed by atoms with Crippen LogP contribution in [0.2, 0.25) is 0 Å². The molecule has 0 fully saturated rings. The highest BCUT2D eigenvalue weighted by Gasteiger charge is 2.09. The SMILES string of the molecule is CC(CNC(=O)c1ccc2ccccc2c1)C(N)=S. The molecule has 3 nitrogen and oxygen atoms in total. The summed E-state index contributed by atoms with van der Waals surface area (Å²) in [4.78, 5) is 12.4. The van der Waals surface area contributed by atoms with Crippen LogP contribution in [0.25, 0.3) is 10.8 Å². The molecule has 0 heterocycles. The van der Waals surface area contributed by atoms with Crippen molar-refractivity contribution in [3.05, 3.63) is 48.0 Å². The zero-order valence-corrected chi connectivity index (χ0v) is 11.5. The van der Waals surface area contributed by atoms with E-state index in [2.05, 4.69) is 5.32 Å². The molecule has 19 heavy (non-hydrogen) atoms. The van der Waals surface area contributed by atoms with Crippen LogP contribution in [0.1, 0.15) is 17.3 Å². The van der Waals surface area contributed by atoms with Crippen LogP contribution < -0.4 is 11.1 Å². The third-order valence-electron chi connectivity index (χ3n) is 3.07. The van der Waals surface area contributed by atoms with E-state index < -0.39 is 0 Å². The van der Waals surface area contributed by atoms with Gasteiger partial charge in [0.2, 0.25) is 0 Å². The molecule has 2 aromatic carbocycles. The first kappa shape index (κ1) is 13.5. The zero-order chi connectivity index (χ0) is 13.8. The van der Waals surface area contributed by atoms with Crippen molar-refractivity contribution in [1.29, 1.82) is 0 Å². The second-order valence-corrected chi connectivity index (χ2v) is 5.05. The lowest BCUT2D eigenvalue weighted by molar-refractivity contribution is 0.0951. The van der Waals surface area contributed by atoms with Gasteiger partial charge in [-0.25, -0.2) is 0 Å². The molecular weight excluding hydrogens is 256 g/mol. The lowest BCUT2D eigenvalue weighted by Crippen LogP contribution is -2.33. The minimum Gasteiger partial charge on any atom is -0.393 e. The predicted octanol–water partition coefficient (Wildman–Crippen LogP) is 2.49. The van der Waals surface area contributed by atoms with Crippen LogP contribution in [0.3, 0.4) is 0 Å². The summed E-state index contributed by atoms with van der Waals surface area (Å²) in [7, 11) is 0. The third kappa shape index (κ3) is 3.29. The fourth-order valence-electron chi connectivity index (χ4n) is 1.78. The highest BCUT2D eigenvalue weighted by molar-refractivity contribution is 7.80. The molecule has 1 unspecified atom stereocenters. The summed E-state index contributed by atoms with van der Waals surface area (Å²) in [5.74, 6) is -0.103. The second kappa shape index (κ2) is 5.80. The highest BCUT2D eigenvalue weighted by atomic mass is 32.1. The van der Waals surface area contributed by atoms with Gasteiger partial charge >= 0.3 is 0 Å². The maximum Gasteiger partial charge on any atom is 0.251 e. The monoisotopic (exact) mass is 272 g/mol. The van der Waals surface area contributed by atoms with E-state index in [0.29, 0.717) is 17.1 Å². The third-order valence-corrected chi connectivity index (χ3v) is 3.47. The molecule has 0 aliphatic rings. The van der Waals surface area contributed by atoms with Crippen molar-refractivity contribution in [1.82, 2.24) is 5.32 Å². The smallest absolute Gasteiger partial charge is 0.251 e. The Labute approximate surface area is 117 Å². The molecule has 0 bridgehead atoms. The Hall–Kier alpha value is -1.94. The van der Waals surface area contributed by atoms with Crippen molar-refractivity contribution in [3.63, 3.8) is 0 Å². The first-order chi connectivity index (χ1) is 9.08. The molecule has 1 amide bonds. The number of carbonyl (C=O) groups is 1. The molecule has 3 N–H and O–H groups in total. The van der Waals surface area contributed by atoms with Crippen LogP contribution in [0.15, 0.2) is 42.5 Å². The summed E-state index contributed by atoms with van der Waals surface area (Å²) in [5.41, 5.74) is 6.16. The van der Waals surface area contributed by atoms with E-state index in [1.165, 1.54) is 0 Å². The number of hydrogen-bond donors (Lipinski definition) is 2. The van der Waals surface area contributed by atoms with Crippen molar-refractivity contribution < 1.29 is 4.79 Å². The number of hydrogen-bond acceptors (Lipinski definition) is 2. The maximum atomic E-state index is 12.0. The molecule has 0 radical (unpaired) electrons. The molecule has 0 spiro atoms. The molecule has 2 rings (SSSR count). The Kier molecular flexibility index (Phi) is 4.12. The summed E-state index contributed by atoms with van der Waals surface area (Å²) in [6.45, 7) is 2.35. The van der Waals surface area contributed by atoms with Crippen LogP contribution in [0.4, 0.5) is 0 Å². The summed E-state index contributed by atoms with van der Waals surface area (Å²) in [6.07, 6.45) is 0. The van der Waals surface area contributed by atoms with Crippen LogP contribution in [-0.2, 0) is 0 Å². The van der Waals surface area contributed by atoms with Gasteiger partial charge < -0.3 is 11.1 Å². The molecule has 0 saturated carbocycles. The van der Waals surface area contributed by atoms with Crippen molar-refractivity contribution in [2.75, 3.05) is 6.54 Å². The number of carbonyl (C=O) groups excluding carboxylic acids is 1. The predicted molar refractivity (Wildman–Crippen MR) is 82.2 cm³/mol. The number of amides is 1. The lowest BCUT2D eigenvalue weighted by Gasteiger charge is -2.11. The normalized spacial score (nSPS) is 12.1. The average molecular weight is 272 g/mol. The van der Waals surface area contributed by atoms with Crippen molar-refractivity contribution >= 4 is 33.9 Å². The van der Waals surface area contributed by atoms with E-state index in [-0.39, 0.29) is 11.8 Å². The van der Waals surface area contributed by atoms with Crippen LogP contribution in [0, 0.1) is 5.92 Å². The van der Waals surface area contributed by atoms with E-state index in [1.54, 1.807) is 0 Å². The van der Waals surface area contributed by atoms with Gasteiger partial charge in [0.15, 0.2) is 0 Å². The molecule has 98 valence electrons. The van der Waals surface area contributed by atoms with Gasteiger partial charge in [-0.05, 0) is 22.9 Å². The molecule has 0 aromatic heterocycles. The quantitative estimate of drug-likeness (QED) is 0.841. The number of benzene rings is 2. The van der Waals surface area contributed by atoms with Gasteiger partial charge in [0, 0.05) is 18.0 Å². The van der Waals surface area contributed by atoms with Gasteiger partial charge in [0.25, 0.3) is 5.91 Å². The largest absolute Gasteiger partial charge is 0.393 e. The van der Waals surface area contributed by atoms with E-state index in [4.69, 9.17) is 18.0 Å². The van der Waals surface area contributed by atoms with Gasteiger partial charge in [-0.3, -0.25) is 4.79 Å². The molecule has 4 heteroatoms. The van der Waals surface area contributed by atoms with E-state index in [0.717, 1.165) is 10.8 Å². The molecular formula is C15H16N2OS. The Bertz CT molecular complexity index is 624. The Balaban J connectivity index is 2.11. The number of fused-ring (bicyclic) bond motifs is 1. The van der Waals surface area contributed by atoms with Gasteiger partial charge in [0.05, 0.1) is 4.99 Å². The molecule has 0 saturated heterocycles. The van der Waals surface area contributed by atoms with Gasteiger partial charge in [0.1, 0.15) is 0 Å². The number of thiocarbonyl (C=S) groups is 1. The van der Waals surface area contributed by atoms with Crippen molar-refractivity contribution in [3.8, 4) is 0 Å². The molecule has 2 aromatic rings. The topological polar surface area (TPSA) is 55.1 Å². The Morgan fingerprint density at radius 2 is 1.95 bits per heavy atom. The van der Waals surface area contributed by atoms with Gasteiger partial charge in [-0.1, -0.05) is 49.5 Å². The summed E-state index contributed by atoms with van der Waals surface area (Å²) in [6, 6.07) is 13.6. The number of nitrogens with one attached hydrogen (secondary N) is 1. The van der Waals surface area contributed by atoms with Crippen molar-refractivity contribution in [2.45, 2.75) is 6.92 Å². The van der Waals surface area contributed by atoms with Crippen LogP contribution in [-0.4, -0.2) is 17.4 Å². The maximum absolute atomic E-state index is 12.0. The minimum atomic E-state index is -0.103. The number of rotatable bonds is 4. The first-order valence-corrected chi connectivity index (χ1v) is 6.55. The minimum absolute atomic E-state index is 0.000550. The first-order valence-electron chi connectivity index (χ1n) is 6.14. The van der Waals surface area contributed by atoms with Gasteiger partial charge in [-0.2, -0.15) is 0 Å². The Morgan fingerprint density at radius 3 is 2.63 bits per heavy atom. The van der Waals surface area contributed by atoms with E-state index in [9.17, 15) is 4.79 Å². The fraction of sp³-hybridized carbons (Fsp3) is 0.200. The van der Waals surface area contributed by atoms with Crippen LogP contribution in [0.5, 0.6) is 0 Å². The number of nitrogens with two attached hydrogens (primary N) is 1. The van der Waals surface area contributed by atoms with Crippen molar-refractivity contribution in [2.24, 2.45) is 11.7 Å². The highest BCUT2D eigenvalue weighted by Crippen LogP contribution is 2.15. The molecule has 1 atom stereocenters. The zero-order valence-electron chi connectivity index (χ0n) is 10.7. The standard InChI is InChI=1S/C15H16N2OS/c1-10(14(16)19)9-17-15(18)13-7-6-11-4-2-3-5-12(11)8-13/h2-8,10H,9H2,1H3,(H2,16,19)(H,17,18). The lowest BCUT2D eigenvalue weighted by atomic mass is 10.1. The molecule has 0 aliphatic heterocycles. The van der Waals surface area contributed by atoms with Crippen LogP contribution >= 0.6 is 12.2 Å². The van der Waals surface area contributed by atoms with E-state index >= 15 is 0 Å².